The topological polar surface area (TPSA) is 65.7 Å². The highest BCUT2D eigenvalue weighted by Gasteiger charge is 2.12. The van der Waals surface area contributed by atoms with E-state index in [4.69, 9.17) is 37.1 Å². The van der Waals surface area contributed by atoms with Crippen molar-refractivity contribution in [3.63, 3.8) is 0 Å². The molecule has 0 aliphatic carbocycles. The standard InChI is InChI=1S/C16H10Cl2O5S/c1-8-4-9(17)5-11(18)15(8)21-7-14(19)22-10-2-3-12-13(6-10)24-16(20)23-12/h2-6H,7H2,1H3. The van der Waals surface area contributed by atoms with Crippen LogP contribution in [-0.2, 0) is 4.79 Å². The second kappa shape index (κ2) is 6.84. The van der Waals surface area contributed by atoms with E-state index in [1.165, 1.54) is 12.1 Å². The Bertz CT molecular complexity index is 953. The molecular formula is C16H10Cl2O5S. The van der Waals surface area contributed by atoms with E-state index < -0.39 is 10.9 Å². The third-order valence-corrected chi connectivity index (χ3v) is 4.35. The van der Waals surface area contributed by atoms with Crippen LogP contribution < -0.4 is 14.4 Å². The smallest absolute Gasteiger partial charge is 0.396 e. The summed E-state index contributed by atoms with van der Waals surface area (Å²) in [6, 6.07) is 7.88. The molecule has 0 bridgehead atoms. The summed E-state index contributed by atoms with van der Waals surface area (Å²) in [6.07, 6.45) is 0. The molecule has 0 saturated heterocycles. The van der Waals surface area contributed by atoms with Crippen LogP contribution in [0, 0.1) is 6.92 Å². The van der Waals surface area contributed by atoms with Gasteiger partial charge >= 0.3 is 10.9 Å². The van der Waals surface area contributed by atoms with Crippen molar-refractivity contribution < 1.29 is 18.7 Å². The number of aryl methyl sites for hydroxylation is 1. The number of rotatable bonds is 4. The highest BCUT2D eigenvalue weighted by atomic mass is 35.5. The predicted octanol–water partition coefficient (Wildman–Crippen LogP) is 4.45. The molecule has 3 aromatic rings. The van der Waals surface area contributed by atoms with Crippen molar-refractivity contribution in [2.75, 3.05) is 6.61 Å². The highest BCUT2D eigenvalue weighted by molar-refractivity contribution is 7.16. The fourth-order valence-corrected chi connectivity index (χ4v) is 3.43. The SMILES string of the molecule is Cc1cc(Cl)cc(Cl)c1OCC(=O)Oc1ccc2oc(=O)sc2c1. The molecule has 0 aliphatic rings. The largest absolute Gasteiger partial charge is 0.480 e. The number of esters is 1. The van der Waals surface area contributed by atoms with Crippen molar-refractivity contribution in [2.45, 2.75) is 6.92 Å². The maximum Gasteiger partial charge on any atom is 0.396 e. The van der Waals surface area contributed by atoms with Crippen LogP contribution in [0.2, 0.25) is 10.0 Å². The average Bonchev–Trinajstić information content (AvgIpc) is 2.85. The lowest BCUT2D eigenvalue weighted by molar-refractivity contribution is -0.136. The van der Waals surface area contributed by atoms with E-state index in [2.05, 4.69) is 0 Å². The van der Waals surface area contributed by atoms with Gasteiger partial charge in [0.25, 0.3) is 0 Å². The van der Waals surface area contributed by atoms with Crippen LogP contribution in [0.25, 0.3) is 10.3 Å². The minimum atomic E-state index is -0.601. The first kappa shape index (κ1) is 16.8. The molecule has 0 fully saturated rings. The van der Waals surface area contributed by atoms with Crippen molar-refractivity contribution in [1.29, 1.82) is 0 Å². The molecule has 124 valence electrons. The first-order chi connectivity index (χ1) is 11.4. The van der Waals surface area contributed by atoms with Crippen LogP contribution in [0.5, 0.6) is 11.5 Å². The molecular weight excluding hydrogens is 375 g/mol. The molecule has 24 heavy (non-hydrogen) atoms. The Morgan fingerprint density at radius 1 is 1.25 bits per heavy atom. The maximum absolute atomic E-state index is 11.9. The molecule has 0 unspecified atom stereocenters. The van der Waals surface area contributed by atoms with Gasteiger partial charge in [0.15, 0.2) is 6.61 Å². The summed E-state index contributed by atoms with van der Waals surface area (Å²) < 4.78 is 16.1. The number of hydrogen-bond acceptors (Lipinski definition) is 6. The second-order valence-electron chi connectivity index (χ2n) is 4.86. The van der Waals surface area contributed by atoms with Gasteiger partial charge in [0.1, 0.15) is 17.1 Å². The van der Waals surface area contributed by atoms with E-state index in [1.54, 1.807) is 25.1 Å². The van der Waals surface area contributed by atoms with Gasteiger partial charge in [-0.15, -0.1) is 0 Å². The molecule has 1 heterocycles. The van der Waals surface area contributed by atoms with E-state index >= 15 is 0 Å². The Morgan fingerprint density at radius 2 is 2.04 bits per heavy atom. The third kappa shape index (κ3) is 3.72. The van der Waals surface area contributed by atoms with E-state index in [9.17, 15) is 9.59 Å². The van der Waals surface area contributed by atoms with E-state index in [0.29, 0.717) is 37.4 Å². The van der Waals surface area contributed by atoms with Crippen molar-refractivity contribution in [2.24, 2.45) is 0 Å². The quantitative estimate of drug-likeness (QED) is 0.490. The molecule has 0 amide bonds. The Labute approximate surface area is 150 Å². The van der Waals surface area contributed by atoms with Gasteiger partial charge in [0.05, 0.1) is 9.72 Å². The Balaban J connectivity index is 1.68. The number of fused-ring (bicyclic) bond motifs is 1. The number of carbonyl (C=O) groups is 1. The fraction of sp³-hybridized carbons (Fsp3) is 0.125. The van der Waals surface area contributed by atoms with E-state index in [0.717, 1.165) is 11.3 Å². The minimum Gasteiger partial charge on any atom is -0.480 e. The van der Waals surface area contributed by atoms with Crippen molar-refractivity contribution in [1.82, 2.24) is 0 Å². The number of carbonyl (C=O) groups excluding carboxylic acids is 1. The molecule has 0 saturated carbocycles. The summed E-state index contributed by atoms with van der Waals surface area (Å²) in [5.41, 5.74) is 1.16. The van der Waals surface area contributed by atoms with E-state index in [1.807, 2.05) is 0 Å². The van der Waals surface area contributed by atoms with Gasteiger partial charge in [0.2, 0.25) is 0 Å². The molecule has 5 nitrogen and oxygen atoms in total. The lowest BCUT2D eigenvalue weighted by atomic mass is 10.2. The summed E-state index contributed by atoms with van der Waals surface area (Å²) >= 11 is 12.9. The van der Waals surface area contributed by atoms with Gasteiger partial charge in [-0.25, -0.2) is 9.59 Å². The molecule has 0 N–H and O–H groups in total. The number of ether oxygens (including phenoxy) is 2. The van der Waals surface area contributed by atoms with Gasteiger partial charge in [-0.1, -0.05) is 34.5 Å². The molecule has 0 atom stereocenters. The zero-order chi connectivity index (χ0) is 17.3. The van der Waals surface area contributed by atoms with Gasteiger partial charge in [-0.05, 0) is 36.8 Å². The van der Waals surface area contributed by atoms with Gasteiger partial charge in [-0.3, -0.25) is 0 Å². The van der Waals surface area contributed by atoms with Crippen LogP contribution in [0.3, 0.4) is 0 Å². The summed E-state index contributed by atoms with van der Waals surface area (Å²) in [5, 5.41) is 0.803. The molecule has 0 radical (unpaired) electrons. The third-order valence-electron chi connectivity index (χ3n) is 3.06. The minimum absolute atomic E-state index is 0.298. The molecule has 0 spiro atoms. The lowest BCUT2D eigenvalue weighted by Gasteiger charge is -2.11. The Hall–Kier alpha value is -2.02. The fourth-order valence-electron chi connectivity index (χ4n) is 2.08. The Kier molecular flexibility index (Phi) is 4.80. The summed E-state index contributed by atoms with van der Waals surface area (Å²) in [7, 11) is 0. The molecule has 0 aliphatic heterocycles. The van der Waals surface area contributed by atoms with Crippen LogP contribution in [0.1, 0.15) is 5.56 Å². The highest BCUT2D eigenvalue weighted by Crippen LogP contribution is 2.31. The number of benzene rings is 2. The van der Waals surface area contributed by atoms with Crippen LogP contribution >= 0.6 is 34.5 Å². The van der Waals surface area contributed by atoms with Crippen LogP contribution in [0.15, 0.2) is 39.5 Å². The maximum atomic E-state index is 11.9. The van der Waals surface area contributed by atoms with Gasteiger partial charge in [-0.2, -0.15) is 0 Å². The average molecular weight is 385 g/mol. The zero-order valence-corrected chi connectivity index (χ0v) is 14.6. The normalized spacial score (nSPS) is 10.8. The Morgan fingerprint density at radius 3 is 2.79 bits per heavy atom. The summed E-state index contributed by atoms with van der Waals surface area (Å²) in [5.74, 6) is 0.0733. The number of hydrogen-bond donors (Lipinski definition) is 0. The van der Waals surface area contributed by atoms with Crippen molar-refractivity contribution >= 4 is 50.8 Å². The molecule has 8 heteroatoms. The first-order valence-corrected chi connectivity index (χ1v) is 8.32. The number of halogens is 2. The zero-order valence-electron chi connectivity index (χ0n) is 12.3. The lowest BCUT2D eigenvalue weighted by Crippen LogP contribution is -2.18. The monoisotopic (exact) mass is 384 g/mol. The summed E-state index contributed by atoms with van der Waals surface area (Å²) in [6.45, 7) is 1.45. The predicted molar refractivity (Wildman–Crippen MR) is 92.7 cm³/mol. The second-order valence-corrected chi connectivity index (χ2v) is 6.68. The van der Waals surface area contributed by atoms with Crippen molar-refractivity contribution in [3.8, 4) is 11.5 Å². The summed E-state index contributed by atoms with van der Waals surface area (Å²) in [4.78, 5) is 22.7. The van der Waals surface area contributed by atoms with Gasteiger partial charge in [0, 0.05) is 11.1 Å². The first-order valence-electron chi connectivity index (χ1n) is 6.75. The molecule has 3 rings (SSSR count). The van der Waals surface area contributed by atoms with Crippen LogP contribution in [0.4, 0.5) is 0 Å². The molecule has 1 aromatic heterocycles. The van der Waals surface area contributed by atoms with Gasteiger partial charge < -0.3 is 13.9 Å². The molecule has 2 aromatic carbocycles. The van der Waals surface area contributed by atoms with Crippen LogP contribution in [-0.4, -0.2) is 12.6 Å². The van der Waals surface area contributed by atoms with E-state index in [-0.39, 0.29) is 6.61 Å². The van der Waals surface area contributed by atoms with Crippen molar-refractivity contribution in [3.05, 3.63) is 55.7 Å².